The number of rotatable bonds is 14. The number of carbonyl (C=O) groups is 1. The highest BCUT2D eigenvalue weighted by Crippen LogP contribution is 2.41. The van der Waals surface area contributed by atoms with E-state index in [1.165, 1.54) is 11.1 Å². The first-order valence-electron chi connectivity index (χ1n) is 18.3. The molecule has 0 bridgehead atoms. The maximum absolute atomic E-state index is 14.0. The van der Waals surface area contributed by atoms with Gasteiger partial charge in [-0.2, -0.15) is 5.21 Å². The van der Waals surface area contributed by atoms with Crippen LogP contribution in [-0.4, -0.2) is 113 Å². The summed E-state index contributed by atoms with van der Waals surface area (Å²) in [6.07, 6.45) is 5.72. The second-order valence-electron chi connectivity index (χ2n) is 13.8. The summed E-state index contributed by atoms with van der Waals surface area (Å²) in [4.78, 5) is 26.2. The van der Waals surface area contributed by atoms with Gasteiger partial charge in [-0.3, -0.25) is 4.79 Å². The zero-order valence-electron chi connectivity index (χ0n) is 30.5. The maximum Gasteiger partial charge on any atom is 0.254 e. The topological polar surface area (TPSA) is 127 Å². The molecule has 2 fully saturated rings. The van der Waals surface area contributed by atoms with Gasteiger partial charge in [0, 0.05) is 56.7 Å². The van der Waals surface area contributed by atoms with Crippen LogP contribution in [0.3, 0.4) is 0 Å². The van der Waals surface area contributed by atoms with Gasteiger partial charge < -0.3 is 33.5 Å². The number of nitrogens with zero attached hydrogens (tertiary/aromatic N) is 8. The molecular formula is C39H49N9O4. The van der Waals surface area contributed by atoms with Crippen molar-refractivity contribution in [2.45, 2.75) is 50.5 Å². The summed E-state index contributed by atoms with van der Waals surface area (Å²) < 4.78 is 19.0. The molecule has 13 nitrogen and oxygen atoms in total. The molecule has 1 unspecified atom stereocenters. The van der Waals surface area contributed by atoms with E-state index < -0.39 is 0 Å². The van der Waals surface area contributed by atoms with Crippen molar-refractivity contribution in [3.63, 3.8) is 0 Å². The summed E-state index contributed by atoms with van der Waals surface area (Å²) >= 11 is 0. The van der Waals surface area contributed by atoms with Crippen LogP contribution in [0.2, 0.25) is 0 Å². The molecule has 2 aliphatic heterocycles. The lowest BCUT2D eigenvalue weighted by Crippen LogP contribution is -2.39. The molecule has 0 spiro atoms. The lowest BCUT2D eigenvalue weighted by molar-refractivity contribution is 0.0780. The van der Waals surface area contributed by atoms with E-state index in [9.17, 15) is 4.79 Å². The zero-order chi connectivity index (χ0) is 35.9. The Morgan fingerprint density at radius 3 is 2.40 bits per heavy atom. The summed E-state index contributed by atoms with van der Waals surface area (Å²) in [5.41, 5.74) is 3.89. The van der Waals surface area contributed by atoms with Crippen molar-refractivity contribution in [3.8, 4) is 17.2 Å². The number of amides is 1. The SMILES string of the molecule is COc1cc(C(=O)N2CCC(CCN3CCCN(c4nc5ccccc5n4CCCCc4nn[nH]n4)CC3)(c3ccccc3)C2)cc(OC)c1OC. The number of imidazole rings is 1. The van der Waals surface area contributed by atoms with Crippen molar-refractivity contribution in [2.24, 2.45) is 0 Å². The number of hydrogen-bond donors (Lipinski definition) is 1. The van der Waals surface area contributed by atoms with Crippen LogP contribution in [0.4, 0.5) is 5.95 Å². The van der Waals surface area contributed by atoms with Crippen molar-refractivity contribution < 1.29 is 19.0 Å². The minimum atomic E-state index is -0.140. The molecular weight excluding hydrogens is 658 g/mol. The molecule has 0 saturated carbocycles. The quantitative estimate of drug-likeness (QED) is 0.158. The number of ether oxygens (including phenoxy) is 3. The van der Waals surface area contributed by atoms with Crippen LogP contribution in [0.25, 0.3) is 11.0 Å². The van der Waals surface area contributed by atoms with E-state index in [-0.39, 0.29) is 11.3 Å². The fourth-order valence-corrected chi connectivity index (χ4v) is 7.94. The largest absolute Gasteiger partial charge is 0.493 e. The molecule has 2 aliphatic rings. The molecule has 0 aliphatic carbocycles. The van der Waals surface area contributed by atoms with Gasteiger partial charge >= 0.3 is 0 Å². The highest BCUT2D eigenvalue weighted by atomic mass is 16.5. The number of unbranched alkanes of at least 4 members (excludes halogenated alkanes) is 1. The van der Waals surface area contributed by atoms with Crippen LogP contribution in [0.15, 0.2) is 66.7 Å². The fourth-order valence-electron chi connectivity index (χ4n) is 7.94. The molecule has 2 aromatic heterocycles. The van der Waals surface area contributed by atoms with E-state index >= 15 is 0 Å². The van der Waals surface area contributed by atoms with Gasteiger partial charge in [0.1, 0.15) is 0 Å². The van der Waals surface area contributed by atoms with Gasteiger partial charge in [-0.25, -0.2) is 4.98 Å². The zero-order valence-corrected chi connectivity index (χ0v) is 30.5. The smallest absolute Gasteiger partial charge is 0.254 e. The van der Waals surface area contributed by atoms with E-state index in [0.29, 0.717) is 35.9 Å². The van der Waals surface area contributed by atoms with E-state index in [1.807, 2.05) is 4.90 Å². The van der Waals surface area contributed by atoms with Gasteiger partial charge in [-0.05, 0) is 75.0 Å². The van der Waals surface area contributed by atoms with Crippen LogP contribution in [-0.2, 0) is 18.4 Å². The number of aryl methyl sites for hydroxylation is 2. The van der Waals surface area contributed by atoms with Crippen LogP contribution < -0.4 is 19.1 Å². The third kappa shape index (κ3) is 7.41. The predicted octanol–water partition coefficient (Wildman–Crippen LogP) is 4.98. The molecule has 52 heavy (non-hydrogen) atoms. The molecule has 1 atom stereocenters. The van der Waals surface area contributed by atoms with E-state index in [2.05, 4.69) is 89.6 Å². The standard InChI is InChI=1S/C39H49N9O4/c1-50-33-26-29(27-34(51-2)36(33)52-3)37(49)47-23-18-39(28-47,30-12-5-4-6-13-30)17-22-45-19-11-20-46(25-24-45)38-40-31-14-7-8-15-32(31)48(38)21-10-9-16-35-41-43-44-42-35/h4-8,12-15,26-27H,9-11,16-25,28H2,1-3H3,(H,41,42,43,44). The highest BCUT2D eigenvalue weighted by molar-refractivity contribution is 5.96. The molecule has 13 heteroatoms. The number of benzene rings is 3. The lowest BCUT2D eigenvalue weighted by atomic mass is 9.76. The number of aromatic nitrogens is 6. The van der Waals surface area contributed by atoms with Gasteiger partial charge in [0.05, 0.1) is 32.4 Å². The van der Waals surface area contributed by atoms with Crippen LogP contribution >= 0.6 is 0 Å². The summed E-state index contributed by atoms with van der Waals surface area (Å²) in [6, 6.07) is 22.7. The minimum absolute atomic E-state index is 0.0276. The van der Waals surface area contributed by atoms with Crippen LogP contribution in [0.1, 0.15) is 53.8 Å². The van der Waals surface area contributed by atoms with Crippen molar-refractivity contribution >= 4 is 22.9 Å². The van der Waals surface area contributed by atoms with E-state index in [4.69, 9.17) is 19.2 Å². The molecule has 1 N–H and O–H groups in total. The van der Waals surface area contributed by atoms with E-state index in [0.717, 1.165) is 95.1 Å². The molecule has 7 rings (SSSR count). The second-order valence-corrected chi connectivity index (χ2v) is 13.8. The number of nitrogens with one attached hydrogen (secondary N) is 1. The van der Waals surface area contributed by atoms with Gasteiger partial charge in [-0.15, -0.1) is 10.2 Å². The van der Waals surface area contributed by atoms with Gasteiger partial charge in [0.15, 0.2) is 17.3 Å². The van der Waals surface area contributed by atoms with Gasteiger partial charge in [0.25, 0.3) is 5.91 Å². The van der Waals surface area contributed by atoms with Crippen molar-refractivity contribution in [1.29, 1.82) is 0 Å². The highest BCUT2D eigenvalue weighted by Gasteiger charge is 2.42. The monoisotopic (exact) mass is 707 g/mol. The predicted molar refractivity (Wildman–Crippen MR) is 199 cm³/mol. The Bertz CT molecular complexity index is 1910. The molecule has 4 heterocycles. The molecule has 0 radical (unpaired) electrons. The Morgan fingerprint density at radius 1 is 0.865 bits per heavy atom. The first-order valence-corrected chi connectivity index (χ1v) is 18.3. The molecule has 274 valence electrons. The number of fused-ring (bicyclic) bond motifs is 1. The average molecular weight is 708 g/mol. The van der Waals surface area contributed by atoms with Crippen molar-refractivity contribution in [3.05, 3.63) is 83.7 Å². The number of hydrogen-bond acceptors (Lipinski definition) is 10. The number of aromatic amines is 1. The number of carbonyl (C=O) groups excluding carboxylic acids is 1. The van der Waals surface area contributed by atoms with Crippen molar-refractivity contribution in [1.82, 2.24) is 40.0 Å². The molecule has 1 amide bonds. The third-order valence-electron chi connectivity index (χ3n) is 10.8. The first kappa shape index (κ1) is 35.2. The Balaban J connectivity index is 1.03. The fraction of sp³-hybridized carbons (Fsp3) is 0.462. The van der Waals surface area contributed by atoms with Gasteiger partial charge in [-0.1, -0.05) is 47.7 Å². The second kappa shape index (κ2) is 16.0. The third-order valence-corrected chi connectivity index (χ3v) is 10.8. The Hall–Kier alpha value is -5.17. The molecule has 5 aromatic rings. The number of methoxy groups -OCH3 is 3. The number of tetrazole rings is 1. The Labute approximate surface area is 304 Å². The lowest BCUT2D eigenvalue weighted by Gasteiger charge is -2.33. The van der Waals surface area contributed by atoms with Gasteiger partial charge in [0.2, 0.25) is 11.7 Å². The van der Waals surface area contributed by atoms with Crippen LogP contribution in [0, 0.1) is 0 Å². The summed E-state index contributed by atoms with van der Waals surface area (Å²) in [7, 11) is 4.71. The summed E-state index contributed by atoms with van der Waals surface area (Å²) in [5.74, 6) is 3.22. The average Bonchev–Trinajstić information content (AvgIpc) is 3.92. The van der Waals surface area contributed by atoms with Crippen LogP contribution in [0.5, 0.6) is 17.2 Å². The number of para-hydroxylation sites is 2. The normalized spacial score (nSPS) is 18.1. The molecule has 2 saturated heterocycles. The number of H-pyrrole nitrogens is 1. The summed E-state index contributed by atoms with van der Waals surface area (Å²) in [5, 5.41) is 14.4. The minimum Gasteiger partial charge on any atom is -0.493 e. The van der Waals surface area contributed by atoms with E-state index in [1.54, 1.807) is 33.5 Å². The van der Waals surface area contributed by atoms with Crippen molar-refractivity contribution in [2.75, 3.05) is 72.0 Å². The first-order chi connectivity index (χ1) is 25.5. The Kier molecular flexibility index (Phi) is 10.9. The Morgan fingerprint density at radius 2 is 1.65 bits per heavy atom. The molecule has 3 aromatic carbocycles. The maximum atomic E-state index is 14.0. The number of likely N-dealkylation sites (tertiary alicyclic amines) is 1. The number of anilines is 1. The summed E-state index contributed by atoms with van der Waals surface area (Å²) in [6.45, 7) is 7.05.